The van der Waals surface area contributed by atoms with Crippen molar-refractivity contribution in [1.82, 2.24) is 0 Å². The Hall–Kier alpha value is -3.66. The van der Waals surface area contributed by atoms with Crippen molar-refractivity contribution in [1.29, 1.82) is 0 Å². The van der Waals surface area contributed by atoms with Crippen LogP contribution in [0.5, 0.6) is 0 Å². The number of hydrogen-bond acceptors (Lipinski definition) is 0. The molecule has 0 aliphatic rings. The molecule has 24 heavy (non-hydrogen) atoms. The molecule has 0 bridgehead atoms. The van der Waals surface area contributed by atoms with Crippen LogP contribution in [0, 0.1) is 43.1 Å². The van der Waals surface area contributed by atoms with Gasteiger partial charge in [-0.15, -0.1) is 12.8 Å². The topological polar surface area (TPSA) is 0 Å². The minimum absolute atomic E-state index is 0.591. The Morgan fingerprint density at radius 2 is 1.42 bits per heavy atom. The summed E-state index contributed by atoms with van der Waals surface area (Å²) in [7, 11) is 0. The zero-order valence-electron chi connectivity index (χ0n) is 12.9. The van der Waals surface area contributed by atoms with E-state index in [2.05, 4.69) is 23.8 Å². The van der Waals surface area contributed by atoms with Gasteiger partial charge in [-0.2, -0.15) is 0 Å². The highest BCUT2D eigenvalue weighted by Gasteiger charge is 2.10. The van der Waals surface area contributed by atoms with Gasteiger partial charge in [0.25, 0.3) is 0 Å². The largest absolute Gasteiger partial charge is 0.115 e. The van der Waals surface area contributed by atoms with E-state index in [9.17, 15) is 0 Å². The van der Waals surface area contributed by atoms with E-state index in [0.29, 0.717) is 5.56 Å². The Morgan fingerprint density at radius 1 is 0.792 bits per heavy atom. The lowest BCUT2D eigenvalue weighted by molar-refractivity contribution is 1.53. The quantitative estimate of drug-likeness (QED) is 0.601. The summed E-state index contributed by atoms with van der Waals surface area (Å²) in [6.45, 7) is 0. The van der Waals surface area contributed by atoms with Gasteiger partial charge in [0.15, 0.2) is 0 Å². The fraction of sp³-hybridized carbons (Fsp3) is 0. The van der Waals surface area contributed by atoms with Crippen LogP contribution in [0.25, 0.3) is 22.3 Å². The molecule has 0 saturated carbocycles. The van der Waals surface area contributed by atoms with Crippen LogP contribution >= 0.6 is 0 Å². The smallest absolute Gasteiger partial charge is 0.0341 e. The first-order valence-electron chi connectivity index (χ1n) is 7.38. The van der Waals surface area contributed by atoms with E-state index in [1.807, 2.05) is 60.7 Å². The van der Waals surface area contributed by atoms with Gasteiger partial charge in [-0.05, 0) is 59.0 Å². The highest BCUT2D eigenvalue weighted by molar-refractivity contribution is 5.84. The molecule has 0 aromatic heterocycles. The molecular formula is C24H12. The van der Waals surface area contributed by atoms with Crippen molar-refractivity contribution >= 4 is 0 Å². The highest BCUT2D eigenvalue weighted by atomic mass is 14.1. The van der Waals surface area contributed by atoms with Crippen LogP contribution in [0.15, 0.2) is 60.7 Å². The Labute approximate surface area is 143 Å². The molecule has 0 spiro atoms. The molecule has 3 aromatic rings. The van der Waals surface area contributed by atoms with Gasteiger partial charge in [0.1, 0.15) is 0 Å². The molecule has 0 atom stereocenters. The monoisotopic (exact) mass is 300 g/mol. The van der Waals surface area contributed by atoms with Gasteiger partial charge in [0, 0.05) is 22.8 Å². The van der Waals surface area contributed by atoms with Crippen molar-refractivity contribution in [3.63, 3.8) is 0 Å². The molecule has 0 unspecified atom stereocenters. The lowest BCUT2D eigenvalue weighted by atomic mass is 9.91. The Balaban J connectivity index is 2.26. The van der Waals surface area contributed by atoms with Crippen molar-refractivity contribution in [3.05, 3.63) is 89.8 Å². The van der Waals surface area contributed by atoms with Crippen molar-refractivity contribution in [2.24, 2.45) is 0 Å². The van der Waals surface area contributed by atoms with Gasteiger partial charge in [-0.25, -0.2) is 0 Å². The number of hydrogen-bond donors (Lipinski definition) is 0. The van der Waals surface area contributed by atoms with E-state index in [0.717, 1.165) is 33.4 Å². The Bertz CT molecular complexity index is 1030. The fourth-order valence-electron chi connectivity index (χ4n) is 2.58. The molecule has 0 fully saturated rings. The zero-order chi connectivity index (χ0) is 16.9. The maximum absolute atomic E-state index is 7.38. The number of benzene rings is 3. The Morgan fingerprint density at radius 3 is 2.04 bits per heavy atom. The van der Waals surface area contributed by atoms with Gasteiger partial charge < -0.3 is 0 Å². The first kappa shape index (κ1) is 15.2. The van der Waals surface area contributed by atoms with Crippen LogP contribution in [0.4, 0.5) is 0 Å². The summed E-state index contributed by atoms with van der Waals surface area (Å²) >= 11 is 0. The second kappa shape index (κ2) is 6.62. The minimum atomic E-state index is 0.591. The van der Waals surface area contributed by atoms with Crippen molar-refractivity contribution in [2.75, 3.05) is 0 Å². The molecule has 3 rings (SSSR count). The van der Waals surface area contributed by atoms with Gasteiger partial charge >= 0.3 is 0 Å². The molecule has 0 N–H and O–H groups in total. The van der Waals surface area contributed by atoms with Crippen molar-refractivity contribution < 1.29 is 0 Å². The first-order valence-corrected chi connectivity index (χ1v) is 7.38. The van der Waals surface area contributed by atoms with Crippen LogP contribution in [-0.4, -0.2) is 0 Å². The maximum atomic E-state index is 7.38. The lowest BCUT2D eigenvalue weighted by Crippen LogP contribution is -1.89. The molecule has 0 heterocycles. The highest BCUT2D eigenvalue weighted by Crippen LogP contribution is 2.33. The van der Waals surface area contributed by atoms with Crippen LogP contribution in [0.3, 0.4) is 0 Å². The van der Waals surface area contributed by atoms with Crippen LogP contribution in [0.1, 0.15) is 16.7 Å². The molecular weight excluding hydrogens is 288 g/mol. The maximum Gasteiger partial charge on any atom is 0.0341 e. The number of rotatable bonds is 2. The Kier molecular flexibility index (Phi) is 4.21. The zero-order valence-corrected chi connectivity index (χ0v) is 12.9. The average Bonchev–Trinajstić information content (AvgIpc) is 2.67. The molecule has 0 nitrogen and oxygen atoms in total. The standard InChI is InChI=1S/C24H12/c1-4-18-9-7-11-21(15-18)23-14-13-20(6-3)17-24(23)22-12-8-10-19(5-2)16-22/h1-2,7-16H. The molecule has 3 aromatic carbocycles. The predicted molar refractivity (Wildman–Crippen MR) is 98.3 cm³/mol. The fourth-order valence-corrected chi connectivity index (χ4v) is 2.58. The van der Waals surface area contributed by atoms with Crippen molar-refractivity contribution in [2.45, 2.75) is 0 Å². The van der Waals surface area contributed by atoms with E-state index in [4.69, 9.17) is 19.3 Å². The third-order valence-electron chi connectivity index (χ3n) is 3.74. The average molecular weight is 300 g/mol. The van der Waals surface area contributed by atoms with E-state index >= 15 is 0 Å². The van der Waals surface area contributed by atoms with Crippen LogP contribution in [-0.2, 0) is 0 Å². The SMILES string of the molecule is [C]#Cc1[c]c(-c2cccc(C#C)c2)c(-c2cccc(C#C)c2)cc1. The second-order valence-electron chi connectivity index (χ2n) is 5.24. The minimum Gasteiger partial charge on any atom is -0.115 e. The van der Waals surface area contributed by atoms with Gasteiger partial charge in [0.05, 0.1) is 0 Å². The van der Waals surface area contributed by atoms with Crippen LogP contribution < -0.4 is 0 Å². The van der Waals surface area contributed by atoms with E-state index < -0.39 is 0 Å². The molecule has 108 valence electrons. The molecule has 0 saturated heterocycles. The van der Waals surface area contributed by atoms with Crippen molar-refractivity contribution in [3.8, 4) is 52.9 Å². The molecule has 0 aliphatic carbocycles. The molecule has 0 amide bonds. The van der Waals surface area contributed by atoms with Gasteiger partial charge in [0.2, 0.25) is 0 Å². The van der Waals surface area contributed by atoms with E-state index in [1.165, 1.54) is 0 Å². The third kappa shape index (κ3) is 2.94. The summed E-state index contributed by atoms with van der Waals surface area (Å²) in [5, 5.41) is 0. The summed E-state index contributed by atoms with van der Waals surface area (Å²) < 4.78 is 0. The summed E-state index contributed by atoms with van der Waals surface area (Å²) in [6, 6.07) is 22.5. The normalized spacial score (nSPS) is 9.54. The van der Waals surface area contributed by atoms with E-state index in [1.54, 1.807) is 0 Å². The predicted octanol–water partition coefficient (Wildman–Crippen LogP) is 4.72. The van der Waals surface area contributed by atoms with Crippen LogP contribution in [0.2, 0.25) is 0 Å². The summed E-state index contributed by atoms with van der Waals surface area (Å²) in [5.74, 6) is 7.70. The van der Waals surface area contributed by atoms with Gasteiger partial charge in [-0.3, -0.25) is 0 Å². The molecule has 2 radical (unpaired) electrons. The van der Waals surface area contributed by atoms with E-state index in [-0.39, 0.29) is 0 Å². The molecule has 0 heteroatoms. The summed E-state index contributed by atoms with van der Waals surface area (Å²) in [6.07, 6.45) is 18.4. The second-order valence-corrected chi connectivity index (χ2v) is 5.24. The van der Waals surface area contributed by atoms with Gasteiger partial charge in [-0.1, -0.05) is 48.1 Å². The third-order valence-corrected chi connectivity index (χ3v) is 3.74. The lowest BCUT2D eigenvalue weighted by Gasteiger charge is -2.11. The number of terminal acetylenes is 2. The summed E-state index contributed by atoms with van der Waals surface area (Å²) in [4.78, 5) is 0. The first-order chi connectivity index (χ1) is 11.7. The molecule has 0 aliphatic heterocycles. The summed E-state index contributed by atoms with van der Waals surface area (Å²) in [5.41, 5.74) is 6.02.